The zero-order chi connectivity index (χ0) is 48.1. The number of thiazole rings is 1. The fourth-order valence-corrected chi connectivity index (χ4v) is 14.4. The van der Waals surface area contributed by atoms with Crippen LogP contribution in [0, 0.1) is 28.6 Å². The Bertz CT molecular complexity index is 2400. The van der Waals surface area contributed by atoms with Gasteiger partial charge in [0.05, 0.1) is 34.8 Å². The minimum atomic E-state index is -1.11. The summed E-state index contributed by atoms with van der Waals surface area (Å²) in [5.74, 6) is -0.378. The Morgan fingerprint density at radius 3 is 2.34 bits per heavy atom. The number of aromatic nitrogens is 4. The monoisotopic (exact) mass is 948 g/mol. The number of aromatic carboxylic acids is 1. The number of nitrogens with two attached hydrogens (primary N) is 1. The van der Waals surface area contributed by atoms with Crippen molar-refractivity contribution in [3.8, 4) is 11.1 Å². The number of ether oxygens (including phenoxy) is 1. The van der Waals surface area contributed by atoms with E-state index >= 15 is 0 Å². The summed E-state index contributed by atoms with van der Waals surface area (Å²) in [5, 5.41) is 28.9. The number of carboxylic acids is 1. The topological polar surface area (TPSA) is 159 Å². The highest BCUT2D eigenvalue weighted by Gasteiger charge is 2.73. The van der Waals surface area contributed by atoms with Crippen LogP contribution in [0.3, 0.4) is 0 Å². The predicted molar refractivity (Wildman–Crippen MR) is 279 cm³/mol. The molecule has 0 amide bonds. The maximum Gasteiger partial charge on any atom is 0.355 e. The number of nitrogens with one attached hydrogen (secondary N) is 2. The van der Waals surface area contributed by atoms with E-state index in [1.807, 2.05) is 54.4 Å². The van der Waals surface area contributed by atoms with E-state index in [9.17, 15) is 15.3 Å². The summed E-state index contributed by atoms with van der Waals surface area (Å²) in [6.07, 6.45) is 26.4. The fraction of sp³-hybridized carbons (Fsp3) is 0.655. The second kappa shape index (κ2) is 21.4. The summed E-state index contributed by atoms with van der Waals surface area (Å²) >= 11 is 1.55. The number of amidine groups is 1. The zero-order valence-electron chi connectivity index (χ0n) is 42.2. The third-order valence-corrected chi connectivity index (χ3v) is 17.6. The smallest absolute Gasteiger partial charge is 0.355 e. The van der Waals surface area contributed by atoms with Gasteiger partial charge < -0.3 is 30.7 Å². The van der Waals surface area contributed by atoms with Crippen molar-refractivity contribution in [1.29, 1.82) is 5.41 Å². The summed E-state index contributed by atoms with van der Waals surface area (Å²) in [4.78, 5) is 26.7. The first-order valence-corrected chi connectivity index (χ1v) is 27.0. The van der Waals surface area contributed by atoms with E-state index in [1.54, 1.807) is 11.3 Å². The molecule has 4 aliphatic carbocycles. The van der Waals surface area contributed by atoms with Gasteiger partial charge in [0.2, 0.25) is 0 Å². The van der Waals surface area contributed by atoms with E-state index in [0.29, 0.717) is 24.3 Å². The van der Waals surface area contributed by atoms with Crippen LogP contribution in [0.4, 0.5) is 10.9 Å². The van der Waals surface area contributed by atoms with Gasteiger partial charge in [-0.3, -0.25) is 10.1 Å². The SMILES string of the molecule is CCCCCCCCCCCCCCCN(C)CCOC12CC3(C)CC(C)(C1)C(Cn1ncc(-c4ccc(N5CCC/C(=C(\C)C(N)Nc6nc7ccccc7s6)C5=N)nc4C(=O)O)c1C)(C3)C2. The fourth-order valence-electron chi connectivity index (χ4n) is 13.5. The van der Waals surface area contributed by atoms with E-state index in [0.717, 1.165) is 96.1 Å². The number of pyridine rings is 1. The van der Waals surface area contributed by atoms with Crippen LogP contribution in [-0.4, -0.2) is 86.6 Å². The number of likely N-dealkylation sites (N-methyl/N-ethyl adjacent to an activating group) is 1. The number of unbranched alkanes of at least 4 members (excludes halogenated alkanes) is 12. The minimum Gasteiger partial charge on any atom is -0.476 e. The first-order valence-electron chi connectivity index (χ1n) is 26.2. The van der Waals surface area contributed by atoms with E-state index in [2.05, 4.69) is 54.6 Å². The molecule has 13 heteroatoms. The van der Waals surface area contributed by atoms with Crippen LogP contribution in [0.1, 0.15) is 172 Å². The van der Waals surface area contributed by atoms with Gasteiger partial charge in [-0.15, -0.1) is 0 Å². The van der Waals surface area contributed by atoms with Crippen LogP contribution >= 0.6 is 11.3 Å². The number of carboxylic acid groups (broad SMARTS) is 1. The summed E-state index contributed by atoms with van der Waals surface area (Å²) < 4.78 is 10.3. The van der Waals surface area contributed by atoms with E-state index in [1.165, 1.54) is 89.9 Å². The highest BCUT2D eigenvalue weighted by Crippen LogP contribution is 2.78. The Hall–Kier alpha value is -4.17. The lowest BCUT2D eigenvalue weighted by Gasteiger charge is -2.46. The number of hydrogen-bond donors (Lipinski definition) is 4. The lowest BCUT2D eigenvalue weighted by Crippen LogP contribution is -2.45. The molecule has 0 radical (unpaired) electrons. The number of nitrogens with zero attached hydrogens (tertiary/aromatic N) is 6. The van der Waals surface area contributed by atoms with Crippen molar-refractivity contribution in [3.05, 3.63) is 65.1 Å². The van der Waals surface area contributed by atoms with Crippen molar-refractivity contribution >= 4 is 44.3 Å². The summed E-state index contributed by atoms with van der Waals surface area (Å²) in [6, 6.07) is 11.7. The number of hydrogen-bond acceptors (Lipinski definition) is 10. The van der Waals surface area contributed by atoms with Crippen molar-refractivity contribution in [3.63, 3.8) is 0 Å². The number of anilines is 2. The van der Waals surface area contributed by atoms with Crippen LogP contribution in [-0.2, 0) is 11.3 Å². The second-order valence-corrected chi connectivity index (χ2v) is 23.2. The first kappa shape index (κ1) is 50.2. The Morgan fingerprint density at radius 1 is 0.926 bits per heavy atom. The van der Waals surface area contributed by atoms with Crippen LogP contribution in [0.2, 0.25) is 0 Å². The molecule has 1 aromatic carbocycles. The summed E-state index contributed by atoms with van der Waals surface area (Å²) in [5.41, 5.74) is 11.8. The van der Waals surface area contributed by atoms with Crippen molar-refractivity contribution in [2.45, 2.75) is 181 Å². The number of benzene rings is 1. The molecule has 4 bridgehead atoms. The molecule has 5 aliphatic rings. The van der Waals surface area contributed by atoms with Gasteiger partial charge >= 0.3 is 5.97 Å². The molecule has 4 saturated carbocycles. The zero-order valence-corrected chi connectivity index (χ0v) is 43.0. The maximum absolute atomic E-state index is 13.0. The minimum absolute atomic E-state index is 0.0372. The van der Waals surface area contributed by atoms with Gasteiger partial charge in [0.25, 0.3) is 0 Å². The molecule has 68 heavy (non-hydrogen) atoms. The molecule has 5 unspecified atom stereocenters. The molecule has 0 spiro atoms. The quantitative estimate of drug-likeness (QED) is 0.0353. The highest BCUT2D eigenvalue weighted by atomic mass is 32.1. The Morgan fingerprint density at radius 2 is 1.63 bits per heavy atom. The molecular formula is C55H81N9O3S. The second-order valence-electron chi connectivity index (χ2n) is 22.2. The van der Waals surface area contributed by atoms with Crippen LogP contribution in [0.5, 0.6) is 0 Å². The molecule has 370 valence electrons. The molecule has 4 heterocycles. The Balaban J connectivity index is 0.862. The van der Waals surface area contributed by atoms with Crippen LogP contribution in [0.15, 0.2) is 53.7 Å². The molecule has 1 aliphatic heterocycles. The summed E-state index contributed by atoms with van der Waals surface area (Å²) in [7, 11) is 2.26. The van der Waals surface area contributed by atoms with Crippen molar-refractivity contribution < 1.29 is 14.6 Å². The molecule has 12 nitrogen and oxygen atoms in total. The Labute approximate surface area is 410 Å². The van der Waals surface area contributed by atoms with E-state index in [-0.39, 0.29) is 33.4 Å². The average molecular weight is 948 g/mol. The molecular weight excluding hydrogens is 867 g/mol. The van der Waals surface area contributed by atoms with Gasteiger partial charge in [-0.05, 0) is 130 Å². The van der Waals surface area contributed by atoms with Crippen LogP contribution < -0.4 is 16.0 Å². The van der Waals surface area contributed by atoms with Gasteiger partial charge in [0, 0.05) is 36.5 Å². The molecule has 3 aromatic heterocycles. The van der Waals surface area contributed by atoms with Gasteiger partial charge in [-0.2, -0.15) is 5.10 Å². The maximum atomic E-state index is 13.0. The lowest BCUT2D eigenvalue weighted by molar-refractivity contribution is -0.112. The first-order chi connectivity index (χ1) is 32.7. The van der Waals surface area contributed by atoms with E-state index in [4.69, 9.17) is 20.6 Å². The normalized spacial score (nSPS) is 25.6. The number of rotatable bonds is 26. The van der Waals surface area contributed by atoms with Crippen molar-refractivity contribution in [2.24, 2.45) is 22.0 Å². The standard InChI is InChI=1S/C55H81N9O3S/c1-7-8-9-10-11-12-13-14-15-16-17-18-21-28-62(6)30-31-67-55-35-52(4)33-53(5,36-55)54(34-52,37-55)38-64-40(3)43(32-58-64)42-26-27-46(60-47(42)50(65)66)63-29-22-23-41(49(63)57)39(2)48(56)61-51-59-44-24-19-20-25-45(44)68-51/h19-20,24-27,32,48,57H,7-18,21-23,28-31,33-38,56H2,1-6H3,(H,59,61)(H,65,66)/b41-39-,57-49?. The largest absolute Gasteiger partial charge is 0.476 e. The summed E-state index contributed by atoms with van der Waals surface area (Å²) in [6.45, 7) is 15.5. The number of fused-ring (bicyclic) bond motifs is 1. The van der Waals surface area contributed by atoms with Crippen molar-refractivity contribution in [2.75, 3.05) is 43.5 Å². The molecule has 1 saturated heterocycles. The lowest BCUT2D eigenvalue weighted by atomic mass is 9.65. The Kier molecular flexibility index (Phi) is 15.8. The van der Waals surface area contributed by atoms with Gasteiger partial charge in [0.1, 0.15) is 11.7 Å². The molecule has 9 rings (SSSR count). The third kappa shape index (κ3) is 10.9. The predicted octanol–water partition coefficient (Wildman–Crippen LogP) is 12.6. The van der Waals surface area contributed by atoms with Gasteiger partial charge in [0.15, 0.2) is 10.8 Å². The molecule has 4 aromatic rings. The molecule has 5 fully saturated rings. The highest BCUT2D eigenvalue weighted by molar-refractivity contribution is 7.22. The number of piperidine rings is 1. The van der Waals surface area contributed by atoms with Crippen LogP contribution in [0.25, 0.3) is 21.3 Å². The number of para-hydroxylation sites is 1. The number of carbonyl (C=O) groups is 1. The van der Waals surface area contributed by atoms with E-state index < -0.39 is 12.1 Å². The van der Waals surface area contributed by atoms with Crippen molar-refractivity contribution in [1.82, 2.24) is 24.6 Å². The average Bonchev–Trinajstić information content (AvgIpc) is 3.96. The van der Waals surface area contributed by atoms with Gasteiger partial charge in [-0.25, -0.2) is 14.8 Å². The van der Waals surface area contributed by atoms with Gasteiger partial charge in [-0.1, -0.05) is 121 Å². The third-order valence-electron chi connectivity index (χ3n) is 16.6. The molecule has 5 atom stereocenters. The molecule has 5 N–H and O–H groups in total.